The molecular formula is C21H20ClFN2. The number of nitrogens with zero attached hydrogens (tertiary/aromatic N) is 2. The maximum Gasteiger partial charge on any atom is 0.159 e. The van der Waals surface area contributed by atoms with Gasteiger partial charge in [0.25, 0.3) is 0 Å². The Bertz CT molecular complexity index is 810. The second kappa shape index (κ2) is 8.27. The molecule has 4 heteroatoms. The van der Waals surface area contributed by atoms with E-state index in [1.165, 1.54) is 25.0 Å². The Hall–Kier alpha value is -2.18. The topological polar surface area (TPSA) is 25.8 Å². The van der Waals surface area contributed by atoms with Gasteiger partial charge in [-0.1, -0.05) is 35.6 Å². The predicted molar refractivity (Wildman–Crippen MR) is 99.6 cm³/mol. The van der Waals surface area contributed by atoms with Crippen LogP contribution in [0.1, 0.15) is 38.2 Å². The number of allylic oxidation sites excluding steroid dienone is 2. The third-order valence-corrected chi connectivity index (χ3v) is 4.79. The molecule has 1 heterocycles. The standard InChI is InChI=1S/C21H20ClFN2/c1-2-3-15-4-6-16(7-5-15)8-9-17-13-24-21(25-14-17)18-10-11-19(22)20(23)12-18/h2-3,10-16H,4-7H2,1H3. The molecule has 2 aromatic rings. The van der Waals surface area contributed by atoms with Crippen molar-refractivity contribution in [2.45, 2.75) is 32.6 Å². The molecule has 1 aliphatic carbocycles. The lowest BCUT2D eigenvalue weighted by Gasteiger charge is -2.22. The molecule has 128 valence electrons. The molecule has 0 bridgehead atoms. The Labute approximate surface area is 153 Å². The van der Waals surface area contributed by atoms with Crippen LogP contribution in [0.4, 0.5) is 4.39 Å². The summed E-state index contributed by atoms with van der Waals surface area (Å²) in [4.78, 5) is 8.57. The molecule has 3 rings (SSSR count). The first kappa shape index (κ1) is 17.6. The average Bonchev–Trinajstić information content (AvgIpc) is 2.64. The molecule has 0 amide bonds. The lowest BCUT2D eigenvalue weighted by molar-refractivity contribution is 0.364. The highest BCUT2D eigenvalue weighted by molar-refractivity contribution is 6.30. The van der Waals surface area contributed by atoms with Gasteiger partial charge in [0.15, 0.2) is 5.82 Å². The van der Waals surface area contributed by atoms with E-state index in [1.807, 2.05) is 0 Å². The average molecular weight is 355 g/mol. The molecule has 1 aliphatic rings. The monoisotopic (exact) mass is 354 g/mol. The Kier molecular flexibility index (Phi) is 5.83. The van der Waals surface area contributed by atoms with Gasteiger partial charge in [-0.25, -0.2) is 14.4 Å². The van der Waals surface area contributed by atoms with Crippen molar-refractivity contribution in [2.24, 2.45) is 11.8 Å². The molecule has 1 aromatic heterocycles. The first-order valence-electron chi connectivity index (χ1n) is 8.57. The van der Waals surface area contributed by atoms with Crippen LogP contribution < -0.4 is 0 Å². The third kappa shape index (κ3) is 4.67. The van der Waals surface area contributed by atoms with Gasteiger partial charge < -0.3 is 0 Å². The van der Waals surface area contributed by atoms with E-state index in [0.29, 0.717) is 23.2 Å². The molecule has 0 spiro atoms. The fraction of sp³-hybridized carbons (Fsp3) is 0.333. The van der Waals surface area contributed by atoms with Crippen molar-refractivity contribution in [3.63, 3.8) is 0 Å². The van der Waals surface area contributed by atoms with E-state index in [9.17, 15) is 4.39 Å². The molecule has 0 atom stereocenters. The summed E-state index contributed by atoms with van der Waals surface area (Å²) in [5, 5.41) is 0.0929. The molecule has 0 N–H and O–H groups in total. The smallest absolute Gasteiger partial charge is 0.159 e. The minimum atomic E-state index is -0.472. The summed E-state index contributed by atoms with van der Waals surface area (Å²) in [7, 11) is 0. The van der Waals surface area contributed by atoms with E-state index >= 15 is 0 Å². The number of aromatic nitrogens is 2. The Morgan fingerprint density at radius 1 is 1.16 bits per heavy atom. The van der Waals surface area contributed by atoms with Gasteiger partial charge in [0.2, 0.25) is 0 Å². The van der Waals surface area contributed by atoms with Gasteiger partial charge in [-0.05, 0) is 56.7 Å². The van der Waals surface area contributed by atoms with Crippen LogP contribution in [0, 0.1) is 29.5 Å². The highest BCUT2D eigenvalue weighted by Crippen LogP contribution is 2.29. The first-order chi connectivity index (χ1) is 12.2. The lowest BCUT2D eigenvalue weighted by Crippen LogP contribution is -2.11. The Balaban J connectivity index is 1.65. The summed E-state index contributed by atoms with van der Waals surface area (Å²) in [6.45, 7) is 2.08. The second-order valence-electron chi connectivity index (χ2n) is 6.33. The molecule has 0 saturated heterocycles. The van der Waals surface area contributed by atoms with E-state index < -0.39 is 5.82 Å². The van der Waals surface area contributed by atoms with Crippen LogP contribution in [0.2, 0.25) is 5.02 Å². The highest BCUT2D eigenvalue weighted by atomic mass is 35.5. The summed E-state index contributed by atoms with van der Waals surface area (Å²) < 4.78 is 13.5. The highest BCUT2D eigenvalue weighted by Gasteiger charge is 2.17. The zero-order chi connectivity index (χ0) is 17.6. The maximum absolute atomic E-state index is 13.5. The summed E-state index contributed by atoms with van der Waals surface area (Å²) in [5.41, 5.74) is 1.39. The summed E-state index contributed by atoms with van der Waals surface area (Å²) >= 11 is 5.70. The minimum Gasteiger partial charge on any atom is -0.235 e. The zero-order valence-electron chi connectivity index (χ0n) is 14.2. The largest absolute Gasteiger partial charge is 0.235 e. The fourth-order valence-corrected chi connectivity index (χ4v) is 3.21. The van der Waals surface area contributed by atoms with Crippen LogP contribution in [-0.4, -0.2) is 9.97 Å². The first-order valence-corrected chi connectivity index (χ1v) is 8.95. The Morgan fingerprint density at radius 3 is 2.52 bits per heavy atom. The van der Waals surface area contributed by atoms with E-state index in [-0.39, 0.29) is 5.02 Å². The van der Waals surface area contributed by atoms with Crippen LogP contribution in [0.15, 0.2) is 42.7 Å². The van der Waals surface area contributed by atoms with E-state index in [0.717, 1.165) is 18.4 Å². The minimum absolute atomic E-state index is 0.0929. The molecular weight excluding hydrogens is 335 g/mol. The SMILES string of the molecule is CC=CC1CCC(C#Cc2cnc(-c3ccc(Cl)c(F)c3)nc2)CC1. The quantitative estimate of drug-likeness (QED) is 0.513. The molecule has 1 fully saturated rings. The van der Waals surface area contributed by atoms with Gasteiger partial charge in [-0.2, -0.15) is 0 Å². The molecule has 25 heavy (non-hydrogen) atoms. The van der Waals surface area contributed by atoms with E-state index in [2.05, 4.69) is 40.9 Å². The number of hydrogen-bond acceptors (Lipinski definition) is 2. The van der Waals surface area contributed by atoms with Crippen LogP contribution in [0.5, 0.6) is 0 Å². The van der Waals surface area contributed by atoms with Gasteiger partial charge in [0, 0.05) is 23.9 Å². The fourth-order valence-electron chi connectivity index (χ4n) is 3.09. The van der Waals surface area contributed by atoms with Crippen LogP contribution in [0.25, 0.3) is 11.4 Å². The molecule has 1 saturated carbocycles. The predicted octanol–water partition coefficient (Wildman–Crippen LogP) is 5.67. The maximum atomic E-state index is 13.5. The third-order valence-electron chi connectivity index (χ3n) is 4.49. The molecule has 1 aromatic carbocycles. The lowest BCUT2D eigenvalue weighted by atomic mass is 9.82. The van der Waals surface area contributed by atoms with Crippen LogP contribution >= 0.6 is 11.6 Å². The molecule has 0 unspecified atom stereocenters. The number of hydrogen-bond donors (Lipinski definition) is 0. The van der Waals surface area contributed by atoms with E-state index in [1.54, 1.807) is 18.5 Å². The summed E-state index contributed by atoms with van der Waals surface area (Å²) in [6.07, 6.45) is 12.5. The molecule has 0 radical (unpaired) electrons. The van der Waals surface area contributed by atoms with Crippen molar-refractivity contribution < 1.29 is 4.39 Å². The Morgan fingerprint density at radius 2 is 1.88 bits per heavy atom. The van der Waals surface area contributed by atoms with Gasteiger partial charge >= 0.3 is 0 Å². The number of halogens is 2. The van der Waals surface area contributed by atoms with Crippen LogP contribution in [0.3, 0.4) is 0 Å². The van der Waals surface area contributed by atoms with Crippen molar-refractivity contribution in [3.05, 3.63) is 59.1 Å². The van der Waals surface area contributed by atoms with Gasteiger partial charge in [-0.15, -0.1) is 0 Å². The van der Waals surface area contributed by atoms with Crippen LogP contribution in [-0.2, 0) is 0 Å². The number of rotatable bonds is 2. The van der Waals surface area contributed by atoms with Gasteiger partial charge in [0.1, 0.15) is 5.82 Å². The summed E-state index contributed by atoms with van der Waals surface area (Å²) in [6, 6.07) is 4.55. The van der Waals surface area contributed by atoms with Crippen molar-refractivity contribution in [2.75, 3.05) is 0 Å². The van der Waals surface area contributed by atoms with Crippen molar-refractivity contribution >= 4 is 11.6 Å². The van der Waals surface area contributed by atoms with Crippen molar-refractivity contribution in [3.8, 4) is 23.2 Å². The van der Waals surface area contributed by atoms with Crippen molar-refractivity contribution in [1.29, 1.82) is 0 Å². The van der Waals surface area contributed by atoms with E-state index in [4.69, 9.17) is 11.6 Å². The zero-order valence-corrected chi connectivity index (χ0v) is 14.9. The van der Waals surface area contributed by atoms with Gasteiger partial charge in [-0.3, -0.25) is 0 Å². The normalized spacial score (nSPS) is 20.3. The number of benzene rings is 1. The second-order valence-corrected chi connectivity index (χ2v) is 6.74. The molecule has 0 aliphatic heterocycles. The molecule has 2 nitrogen and oxygen atoms in total. The summed E-state index contributed by atoms with van der Waals surface area (Å²) in [5.74, 6) is 7.67. The van der Waals surface area contributed by atoms with Gasteiger partial charge in [0.05, 0.1) is 10.6 Å². The van der Waals surface area contributed by atoms with Crippen molar-refractivity contribution in [1.82, 2.24) is 9.97 Å².